The van der Waals surface area contributed by atoms with Crippen LogP contribution in [0.2, 0.25) is 10.0 Å². The van der Waals surface area contributed by atoms with Crippen LogP contribution in [0.4, 0.5) is 5.69 Å². The minimum Gasteiger partial charge on any atom is -0.329 e. The van der Waals surface area contributed by atoms with Gasteiger partial charge in [0, 0.05) is 57.3 Å². The summed E-state index contributed by atoms with van der Waals surface area (Å²) in [4.78, 5) is 39.8. The summed E-state index contributed by atoms with van der Waals surface area (Å²) in [7, 11) is 0. The van der Waals surface area contributed by atoms with Crippen molar-refractivity contribution in [3.63, 3.8) is 0 Å². The lowest BCUT2D eigenvalue weighted by molar-refractivity contribution is -0.122. The number of halogens is 2. The third kappa shape index (κ3) is 3.91. The van der Waals surface area contributed by atoms with Crippen LogP contribution >= 0.6 is 23.2 Å². The molecule has 2 aromatic carbocycles. The topological polar surface area (TPSA) is 75.3 Å². The molecule has 1 heterocycles. The number of carbonyl (C=O) groups is 3. The van der Waals surface area contributed by atoms with E-state index in [1.165, 1.54) is 6.92 Å². The highest BCUT2D eigenvalue weighted by atomic mass is 35.5. The van der Waals surface area contributed by atoms with E-state index in [0.29, 0.717) is 39.0 Å². The van der Waals surface area contributed by atoms with Crippen molar-refractivity contribution in [3.05, 3.63) is 98.7 Å². The first kappa shape index (κ1) is 24.5. The molecule has 5 nitrogen and oxygen atoms in total. The third-order valence-electron chi connectivity index (χ3n) is 7.36. The zero-order valence-electron chi connectivity index (χ0n) is 20.2. The summed E-state index contributed by atoms with van der Waals surface area (Å²) in [6.45, 7) is 5.51. The van der Waals surface area contributed by atoms with Gasteiger partial charge in [0.15, 0.2) is 5.78 Å². The average Bonchev–Trinajstić information content (AvgIpc) is 3.06. The number of nitrogens with one attached hydrogen (secondary N) is 2. The lowest BCUT2D eigenvalue weighted by atomic mass is 9.61. The van der Waals surface area contributed by atoms with Gasteiger partial charge in [0.25, 0.3) is 0 Å². The summed E-state index contributed by atoms with van der Waals surface area (Å²) in [5.41, 5.74) is 2.40. The summed E-state index contributed by atoms with van der Waals surface area (Å²) in [5, 5.41) is 7.01. The van der Waals surface area contributed by atoms with Crippen LogP contribution in [-0.2, 0) is 19.8 Å². The number of fused-ring (bicyclic) bond motifs is 2. The fraction of sp³-hybridized carbons (Fsp3) is 0.276. The molecule has 1 aliphatic heterocycles. The number of anilines is 1. The maximum Gasteiger partial charge on any atom is 0.239 e. The Kier molecular flexibility index (Phi) is 5.97. The van der Waals surface area contributed by atoms with Crippen LogP contribution in [0.1, 0.15) is 50.7 Å². The lowest BCUT2D eigenvalue weighted by Gasteiger charge is -2.40. The molecule has 184 valence electrons. The van der Waals surface area contributed by atoms with Crippen LogP contribution in [0.5, 0.6) is 0 Å². The number of ketones is 1. The summed E-state index contributed by atoms with van der Waals surface area (Å²) in [6.07, 6.45) is 6.50. The Morgan fingerprint density at radius 1 is 1.08 bits per heavy atom. The van der Waals surface area contributed by atoms with Gasteiger partial charge in [0.2, 0.25) is 11.8 Å². The predicted octanol–water partition coefficient (Wildman–Crippen LogP) is 6.24. The summed E-state index contributed by atoms with van der Waals surface area (Å²) in [6, 6.07) is 12.6. The van der Waals surface area contributed by atoms with Gasteiger partial charge in [-0.15, -0.1) is 0 Å². The average molecular weight is 521 g/mol. The normalized spacial score (nSPS) is 24.5. The molecule has 0 fully saturated rings. The van der Waals surface area contributed by atoms with Crippen molar-refractivity contribution in [1.82, 2.24) is 5.32 Å². The van der Waals surface area contributed by atoms with Crippen LogP contribution < -0.4 is 10.6 Å². The maximum atomic E-state index is 13.9. The second-order valence-corrected chi connectivity index (χ2v) is 11.1. The number of hydrogen-bond donors (Lipinski definition) is 2. The molecule has 2 amide bonds. The molecule has 7 heteroatoms. The fourth-order valence-electron chi connectivity index (χ4n) is 5.67. The van der Waals surface area contributed by atoms with E-state index in [1.807, 2.05) is 50.3 Å². The number of amides is 2. The zero-order chi connectivity index (χ0) is 25.8. The van der Waals surface area contributed by atoms with E-state index in [2.05, 4.69) is 10.6 Å². The van der Waals surface area contributed by atoms with Gasteiger partial charge in [-0.25, -0.2) is 0 Å². The second-order valence-electron chi connectivity index (χ2n) is 10.3. The van der Waals surface area contributed by atoms with E-state index >= 15 is 0 Å². The standard InChI is InChI=1S/C29H26Cl2N2O3/c1-16(34)32-26-20(8-5-11-28(26,2)3)21-15-29(22-10-9-19(31)13-24(22)33-27(29)36)23(14-25(21)35)17-6-4-7-18(30)12-17/h4-10,12-13,15,23H,11,14H2,1-3H3,(H,32,34)(H,33,36)/t23-,29-/m0/s1. The van der Waals surface area contributed by atoms with Gasteiger partial charge >= 0.3 is 0 Å². The third-order valence-corrected chi connectivity index (χ3v) is 7.83. The zero-order valence-corrected chi connectivity index (χ0v) is 21.8. The molecule has 0 saturated heterocycles. The Balaban J connectivity index is 1.80. The number of hydrogen-bond acceptors (Lipinski definition) is 3. The Bertz CT molecular complexity index is 1420. The largest absolute Gasteiger partial charge is 0.329 e. The van der Waals surface area contributed by atoms with Crippen molar-refractivity contribution < 1.29 is 14.4 Å². The van der Waals surface area contributed by atoms with E-state index < -0.39 is 16.7 Å². The Labute approximate surface area is 220 Å². The van der Waals surface area contributed by atoms with Gasteiger partial charge in [0.05, 0.1) is 0 Å². The molecule has 0 radical (unpaired) electrons. The molecule has 0 unspecified atom stereocenters. The molecule has 5 rings (SSSR count). The van der Waals surface area contributed by atoms with Crippen molar-refractivity contribution in [1.29, 1.82) is 0 Å². The second kappa shape index (κ2) is 8.75. The van der Waals surface area contributed by atoms with Crippen molar-refractivity contribution in [2.75, 3.05) is 5.32 Å². The van der Waals surface area contributed by atoms with E-state index in [4.69, 9.17) is 23.2 Å². The number of allylic oxidation sites excluding steroid dienone is 5. The van der Waals surface area contributed by atoms with Crippen LogP contribution in [0, 0.1) is 5.41 Å². The van der Waals surface area contributed by atoms with Crippen molar-refractivity contribution in [2.45, 2.75) is 44.9 Å². The number of Topliss-reactive ketones (excluding diaryl/α,β-unsaturated/α-hetero) is 1. The van der Waals surface area contributed by atoms with Gasteiger partial charge in [-0.1, -0.05) is 73.5 Å². The van der Waals surface area contributed by atoms with Gasteiger partial charge in [-0.05, 0) is 41.8 Å². The quantitative estimate of drug-likeness (QED) is 0.502. The smallest absolute Gasteiger partial charge is 0.239 e. The van der Waals surface area contributed by atoms with E-state index in [-0.39, 0.29) is 24.0 Å². The maximum absolute atomic E-state index is 13.9. The molecule has 3 aliphatic rings. The monoisotopic (exact) mass is 520 g/mol. The summed E-state index contributed by atoms with van der Waals surface area (Å²) in [5.74, 6) is -1.00. The number of rotatable bonds is 3. The van der Waals surface area contributed by atoms with Crippen molar-refractivity contribution >= 4 is 46.5 Å². The molecule has 0 aromatic heterocycles. The van der Waals surface area contributed by atoms with Gasteiger partial charge in [-0.2, -0.15) is 0 Å². The van der Waals surface area contributed by atoms with Gasteiger partial charge in [-0.3, -0.25) is 14.4 Å². The summed E-state index contributed by atoms with van der Waals surface area (Å²) >= 11 is 12.6. The van der Waals surface area contributed by atoms with Gasteiger partial charge in [0.1, 0.15) is 5.41 Å². The molecular formula is C29H26Cl2N2O3. The molecule has 0 bridgehead atoms. The van der Waals surface area contributed by atoms with Crippen LogP contribution in [-0.4, -0.2) is 17.6 Å². The van der Waals surface area contributed by atoms with Crippen LogP contribution in [0.15, 0.2) is 77.5 Å². The highest BCUT2D eigenvalue weighted by Gasteiger charge is 2.55. The Morgan fingerprint density at radius 3 is 2.56 bits per heavy atom. The molecule has 36 heavy (non-hydrogen) atoms. The molecule has 2 aliphatic carbocycles. The SMILES string of the molecule is CC(=O)NC1=C(C2=C[C@@]3(C(=O)Nc4cc(Cl)ccc43)[C@H](c3cccc(Cl)c3)CC2=O)C=CCC1(C)C. The summed E-state index contributed by atoms with van der Waals surface area (Å²) < 4.78 is 0. The number of benzene rings is 2. The van der Waals surface area contributed by atoms with Crippen LogP contribution in [0.25, 0.3) is 0 Å². The molecule has 0 saturated carbocycles. The molecule has 1 spiro atoms. The molecule has 2 atom stereocenters. The first-order valence-electron chi connectivity index (χ1n) is 11.9. The first-order valence-corrected chi connectivity index (χ1v) is 12.6. The van der Waals surface area contributed by atoms with E-state index in [1.54, 1.807) is 24.3 Å². The predicted molar refractivity (Wildman–Crippen MR) is 142 cm³/mol. The number of carbonyl (C=O) groups excluding carboxylic acids is 3. The van der Waals surface area contributed by atoms with E-state index in [0.717, 1.165) is 11.1 Å². The van der Waals surface area contributed by atoms with E-state index in [9.17, 15) is 14.4 Å². The fourth-order valence-corrected chi connectivity index (χ4v) is 6.04. The molecule has 2 aromatic rings. The highest BCUT2D eigenvalue weighted by Crippen LogP contribution is 2.54. The molecular weight excluding hydrogens is 495 g/mol. The lowest BCUT2D eigenvalue weighted by Crippen LogP contribution is -2.44. The highest BCUT2D eigenvalue weighted by molar-refractivity contribution is 6.31. The van der Waals surface area contributed by atoms with Crippen molar-refractivity contribution in [3.8, 4) is 0 Å². The minimum atomic E-state index is -1.16. The molecule has 2 N–H and O–H groups in total. The Hall–Kier alpha value is -3.15. The van der Waals surface area contributed by atoms with Crippen LogP contribution in [0.3, 0.4) is 0 Å². The van der Waals surface area contributed by atoms with Gasteiger partial charge < -0.3 is 10.6 Å². The van der Waals surface area contributed by atoms with Crippen molar-refractivity contribution in [2.24, 2.45) is 5.41 Å². The first-order chi connectivity index (χ1) is 17.0. The Morgan fingerprint density at radius 2 is 1.83 bits per heavy atom. The minimum absolute atomic E-state index is 0.0963.